The summed E-state index contributed by atoms with van der Waals surface area (Å²) < 4.78 is 10.2. The molecule has 0 unspecified atom stereocenters. The zero-order valence-electron chi connectivity index (χ0n) is 13.2. The lowest BCUT2D eigenvalue weighted by molar-refractivity contribution is 0.414. The van der Waals surface area contributed by atoms with Gasteiger partial charge in [0, 0.05) is 0 Å². The van der Waals surface area contributed by atoms with Gasteiger partial charge >= 0.3 is 0 Å². The van der Waals surface area contributed by atoms with Gasteiger partial charge in [0.05, 0.1) is 25.6 Å². The molecule has 0 aliphatic heterocycles. The van der Waals surface area contributed by atoms with Crippen LogP contribution >= 0.6 is 0 Å². The number of azo groups is 1. The third-order valence-corrected chi connectivity index (χ3v) is 3.26. The number of benzene rings is 2. The Labute approximate surface area is 138 Å². The van der Waals surface area contributed by atoms with Gasteiger partial charge in [-0.1, -0.05) is 0 Å². The number of hydrogen-bond donors (Lipinski definition) is 1. The molecule has 1 heterocycles. The van der Waals surface area contributed by atoms with E-state index in [0.29, 0.717) is 5.69 Å². The first-order chi connectivity index (χ1) is 11.7. The second-order valence-electron chi connectivity index (χ2n) is 4.79. The van der Waals surface area contributed by atoms with Gasteiger partial charge in [-0.05, 0) is 48.5 Å². The lowest BCUT2D eigenvalue weighted by Gasteiger charge is -2.01. The van der Waals surface area contributed by atoms with Gasteiger partial charge in [-0.2, -0.15) is 0 Å². The maximum Gasteiger partial charge on any atom is 0.240 e. The number of ether oxygens (including phenoxy) is 2. The maximum absolute atomic E-state index is 5.85. The van der Waals surface area contributed by atoms with E-state index in [1.54, 1.807) is 38.5 Å². The molecule has 0 amide bonds. The summed E-state index contributed by atoms with van der Waals surface area (Å²) in [5.41, 5.74) is 7.26. The lowest BCUT2D eigenvalue weighted by Crippen LogP contribution is -1.99. The van der Waals surface area contributed by atoms with Crippen molar-refractivity contribution >= 4 is 17.3 Å². The van der Waals surface area contributed by atoms with Gasteiger partial charge in [-0.15, -0.1) is 25.2 Å². The van der Waals surface area contributed by atoms with E-state index in [1.165, 1.54) is 4.80 Å². The standard InChI is InChI=1S/C16H16N6O2/c1-23-13-7-3-11(4-8-13)18-19-16-15(17)20-22(21-16)12-5-9-14(24-2)10-6-12/h3-10H,1-2H3,(H2,17,20). The number of nitrogens with two attached hydrogens (primary N) is 1. The van der Waals surface area contributed by atoms with Crippen molar-refractivity contribution in [1.82, 2.24) is 15.0 Å². The monoisotopic (exact) mass is 324 g/mol. The number of rotatable bonds is 5. The van der Waals surface area contributed by atoms with Crippen LogP contribution < -0.4 is 15.2 Å². The number of anilines is 1. The predicted octanol–water partition coefficient (Wildman–Crippen LogP) is 3.28. The van der Waals surface area contributed by atoms with E-state index in [2.05, 4.69) is 20.4 Å². The Balaban J connectivity index is 1.81. The average molecular weight is 324 g/mol. The summed E-state index contributed by atoms with van der Waals surface area (Å²) in [5, 5.41) is 16.5. The van der Waals surface area contributed by atoms with E-state index in [-0.39, 0.29) is 11.6 Å². The van der Waals surface area contributed by atoms with E-state index < -0.39 is 0 Å². The van der Waals surface area contributed by atoms with Gasteiger partial charge in [0.2, 0.25) is 5.82 Å². The Morgan fingerprint density at radius 1 is 0.833 bits per heavy atom. The highest BCUT2D eigenvalue weighted by Crippen LogP contribution is 2.23. The van der Waals surface area contributed by atoms with Crippen molar-refractivity contribution in [2.45, 2.75) is 0 Å². The van der Waals surface area contributed by atoms with E-state index in [9.17, 15) is 0 Å². The maximum atomic E-state index is 5.85. The molecule has 3 rings (SSSR count). The molecule has 122 valence electrons. The van der Waals surface area contributed by atoms with Gasteiger partial charge in [0.1, 0.15) is 11.5 Å². The van der Waals surface area contributed by atoms with Gasteiger partial charge in [-0.25, -0.2) is 0 Å². The SMILES string of the molecule is COc1ccc(N=Nc2nn(-c3ccc(OC)cc3)nc2N)cc1. The molecule has 2 N–H and O–H groups in total. The Hall–Kier alpha value is -3.42. The Kier molecular flexibility index (Phi) is 4.37. The molecule has 0 aliphatic rings. The summed E-state index contributed by atoms with van der Waals surface area (Å²) in [5.74, 6) is 1.95. The van der Waals surface area contributed by atoms with Crippen molar-refractivity contribution in [2.24, 2.45) is 10.2 Å². The third-order valence-electron chi connectivity index (χ3n) is 3.26. The fraction of sp³-hybridized carbons (Fsp3) is 0.125. The van der Waals surface area contributed by atoms with Crippen LogP contribution in [0.4, 0.5) is 17.3 Å². The molecule has 0 spiro atoms. The van der Waals surface area contributed by atoms with E-state index in [1.807, 2.05) is 24.3 Å². The van der Waals surface area contributed by atoms with Crippen molar-refractivity contribution < 1.29 is 9.47 Å². The summed E-state index contributed by atoms with van der Waals surface area (Å²) in [6.45, 7) is 0. The summed E-state index contributed by atoms with van der Waals surface area (Å²) in [6.07, 6.45) is 0. The van der Waals surface area contributed by atoms with E-state index in [4.69, 9.17) is 15.2 Å². The van der Waals surface area contributed by atoms with Crippen LogP contribution in [0.15, 0.2) is 58.8 Å². The molecule has 8 nitrogen and oxygen atoms in total. The molecule has 3 aromatic rings. The minimum atomic E-state index is 0.197. The van der Waals surface area contributed by atoms with Crippen molar-refractivity contribution in [1.29, 1.82) is 0 Å². The largest absolute Gasteiger partial charge is 0.497 e. The molecule has 0 radical (unpaired) electrons. The molecule has 0 fully saturated rings. The molecule has 24 heavy (non-hydrogen) atoms. The van der Waals surface area contributed by atoms with Crippen molar-refractivity contribution in [2.75, 3.05) is 20.0 Å². The summed E-state index contributed by atoms with van der Waals surface area (Å²) in [4.78, 5) is 1.40. The minimum absolute atomic E-state index is 0.197. The third kappa shape index (κ3) is 3.32. The second kappa shape index (κ2) is 6.78. The zero-order chi connectivity index (χ0) is 16.9. The Bertz CT molecular complexity index is 840. The molecule has 0 saturated carbocycles. The van der Waals surface area contributed by atoms with Crippen LogP contribution in [0.25, 0.3) is 5.69 Å². The first kappa shape index (κ1) is 15.5. The van der Waals surface area contributed by atoms with Crippen molar-refractivity contribution in [3.63, 3.8) is 0 Å². The fourth-order valence-electron chi connectivity index (χ4n) is 1.97. The number of aromatic nitrogens is 3. The smallest absolute Gasteiger partial charge is 0.240 e. The van der Waals surface area contributed by atoms with Crippen LogP contribution in [-0.2, 0) is 0 Å². The fourth-order valence-corrected chi connectivity index (χ4v) is 1.97. The topological polar surface area (TPSA) is 99.9 Å². The molecule has 1 aromatic heterocycles. The van der Waals surface area contributed by atoms with Gasteiger partial charge in [-0.3, -0.25) is 0 Å². The van der Waals surface area contributed by atoms with Crippen LogP contribution in [-0.4, -0.2) is 29.2 Å². The average Bonchev–Trinajstić information content (AvgIpc) is 3.01. The normalized spacial score (nSPS) is 10.9. The molecular formula is C16H16N6O2. The lowest BCUT2D eigenvalue weighted by atomic mass is 10.3. The molecule has 0 bridgehead atoms. The first-order valence-electron chi connectivity index (χ1n) is 7.12. The summed E-state index contributed by atoms with van der Waals surface area (Å²) in [6, 6.07) is 14.4. The second-order valence-corrected chi connectivity index (χ2v) is 4.79. The predicted molar refractivity (Wildman–Crippen MR) is 89.5 cm³/mol. The highest BCUT2D eigenvalue weighted by Gasteiger charge is 2.09. The summed E-state index contributed by atoms with van der Waals surface area (Å²) >= 11 is 0. The van der Waals surface area contributed by atoms with Crippen LogP contribution in [0.2, 0.25) is 0 Å². The number of nitrogens with zero attached hydrogens (tertiary/aromatic N) is 5. The highest BCUT2D eigenvalue weighted by molar-refractivity contribution is 5.52. The minimum Gasteiger partial charge on any atom is -0.497 e. The van der Waals surface area contributed by atoms with Gasteiger partial charge in [0.15, 0.2) is 5.82 Å². The number of nitrogen functional groups attached to an aromatic ring is 1. The molecule has 0 aliphatic carbocycles. The molecular weight excluding hydrogens is 308 g/mol. The quantitative estimate of drug-likeness (QED) is 0.726. The molecule has 0 atom stereocenters. The molecule has 2 aromatic carbocycles. The molecule has 8 heteroatoms. The first-order valence-corrected chi connectivity index (χ1v) is 7.12. The van der Waals surface area contributed by atoms with Crippen LogP contribution in [0.1, 0.15) is 0 Å². The zero-order valence-corrected chi connectivity index (χ0v) is 13.2. The Morgan fingerprint density at radius 3 is 2.00 bits per heavy atom. The van der Waals surface area contributed by atoms with Crippen molar-refractivity contribution in [3.8, 4) is 17.2 Å². The van der Waals surface area contributed by atoms with E-state index in [0.717, 1.165) is 17.2 Å². The highest BCUT2D eigenvalue weighted by atomic mass is 16.5. The molecule has 0 saturated heterocycles. The summed E-state index contributed by atoms with van der Waals surface area (Å²) in [7, 11) is 3.21. The van der Waals surface area contributed by atoms with Gasteiger partial charge < -0.3 is 15.2 Å². The van der Waals surface area contributed by atoms with Crippen molar-refractivity contribution in [3.05, 3.63) is 48.5 Å². The van der Waals surface area contributed by atoms with E-state index >= 15 is 0 Å². The van der Waals surface area contributed by atoms with Crippen LogP contribution in [0, 0.1) is 0 Å². The van der Waals surface area contributed by atoms with Crippen LogP contribution in [0.3, 0.4) is 0 Å². The van der Waals surface area contributed by atoms with Gasteiger partial charge in [0.25, 0.3) is 0 Å². The number of methoxy groups -OCH3 is 2. The van der Waals surface area contributed by atoms with Crippen LogP contribution in [0.5, 0.6) is 11.5 Å². The Morgan fingerprint density at radius 2 is 1.42 bits per heavy atom. The number of hydrogen-bond acceptors (Lipinski definition) is 7.